The number of hydrogen-bond acceptors (Lipinski definition) is 4. The van der Waals surface area contributed by atoms with E-state index in [9.17, 15) is 4.79 Å². The summed E-state index contributed by atoms with van der Waals surface area (Å²) in [6, 6.07) is 1.75. The second-order valence-corrected chi connectivity index (χ2v) is 7.68. The second-order valence-electron chi connectivity index (χ2n) is 7.68. The molecule has 3 N–H and O–H groups in total. The minimum Gasteiger partial charge on any atom is -0.453 e. The van der Waals surface area contributed by atoms with Crippen LogP contribution in [0, 0.1) is 5.41 Å². The van der Waals surface area contributed by atoms with Crippen molar-refractivity contribution in [3.05, 3.63) is 23.0 Å². The van der Waals surface area contributed by atoms with Gasteiger partial charge < -0.3 is 15.8 Å². The fourth-order valence-electron chi connectivity index (χ4n) is 2.59. The van der Waals surface area contributed by atoms with Crippen LogP contribution in [-0.4, -0.2) is 18.2 Å². The summed E-state index contributed by atoms with van der Waals surface area (Å²) in [4.78, 5) is 16.5. The molecule has 0 fully saturated rings. The van der Waals surface area contributed by atoms with Gasteiger partial charge in [-0.1, -0.05) is 48.5 Å². The lowest BCUT2D eigenvalue weighted by Gasteiger charge is -2.32. The smallest absolute Gasteiger partial charge is 0.407 e. The van der Waals surface area contributed by atoms with E-state index in [1.54, 1.807) is 0 Å². The van der Waals surface area contributed by atoms with Crippen molar-refractivity contribution in [2.45, 2.75) is 66.3 Å². The summed E-state index contributed by atoms with van der Waals surface area (Å²) in [6.07, 6.45) is -0.458. The zero-order chi connectivity index (χ0) is 17.9. The first-order valence-corrected chi connectivity index (χ1v) is 8.13. The second kappa shape index (κ2) is 7.20. The summed E-state index contributed by atoms with van der Waals surface area (Å²) < 4.78 is 4.77. The largest absolute Gasteiger partial charge is 0.453 e. The lowest BCUT2D eigenvalue weighted by Crippen LogP contribution is -2.37. The van der Waals surface area contributed by atoms with Gasteiger partial charge >= 0.3 is 6.09 Å². The quantitative estimate of drug-likeness (QED) is 0.864. The first-order chi connectivity index (χ1) is 10.5. The average molecular weight is 321 g/mol. The Morgan fingerprint density at radius 3 is 2.17 bits per heavy atom. The van der Waals surface area contributed by atoms with Crippen molar-refractivity contribution in [1.82, 2.24) is 10.3 Å². The van der Waals surface area contributed by atoms with Gasteiger partial charge in [0, 0.05) is 0 Å². The van der Waals surface area contributed by atoms with Crippen molar-refractivity contribution >= 4 is 11.8 Å². The number of pyridine rings is 1. The van der Waals surface area contributed by atoms with Gasteiger partial charge in [-0.15, -0.1) is 0 Å². The number of alkyl carbamates (subject to hydrolysis) is 1. The molecule has 1 heterocycles. The highest BCUT2D eigenvalue weighted by Crippen LogP contribution is 2.36. The van der Waals surface area contributed by atoms with Crippen LogP contribution >= 0.6 is 0 Å². The molecule has 1 amide bonds. The molecule has 0 aliphatic carbocycles. The number of amides is 1. The summed E-state index contributed by atoms with van der Waals surface area (Å²) in [5.41, 5.74) is 9.64. The number of carbonyl (C=O) groups is 1. The molecule has 23 heavy (non-hydrogen) atoms. The van der Waals surface area contributed by atoms with Gasteiger partial charge in [0.1, 0.15) is 0 Å². The Hall–Kier alpha value is -1.78. The van der Waals surface area contributed by atoms with E-state index in [2.05, 4.69) is 53.8 Å². The van der Waals surface area contributed by atoms with Crippen molar-refractivity contribution in [3.8, 4) is 0 Å². The molecule has 0 aliphatic rings. The van der Waals surface area contributed by atoms with E-state index in [-0.39, 0.29) is 23.3 Å². The number of nitrogens with zero attached hydrogens (tertiary/aromatic N) is 1. The van der Waals surface area contributed by atoms with Crippen LogP contribution in [0.15, 0.2) is 6.07 Å². The van der Waals surface area contributed by atoms with Crippen LogP contribution in [0.3, 0.4) is 0 Å². The predicted octanol–water partition coefficient (Wildman–Crippen LogP) is 4.35. The van der Waals surface area contributed by atoms with E-state index >= 15 is 0 Å². The highest BCUT2D eigenvalue weighted by molar-refractivity contribution is 5.68. The molecule has 1 atom stereocenters. The lowest BCUT2D eigenvalue weighted by molar-refractivity contribution is 0.153. The number of nitrogen functional groups attached to an aromatic ring is 1. The van der Waals surface area contributed by atoms with Gasteiger partial charge in [-0.3, -0.25) is 4.98 Å². The summed E-state index contributed by atoms with van der Waals surface area (Å²) in [6.45, 7) is 14.6. The first kappa shape index (κ1) is 19.3. The molecular weight excluding hydrogens is 290 g/mol. The number of ether oxygens (including phenoxy) is 1. The van der Waals surface area contributed by atoms with E-state index in [1.807, 2.05) is 6.07 Å². The number of aromatic nitrogens is 1. The molecule has 1 aromatic heterocycles. The topological polar surface area (TPSA) is 77.2 Å². The highest BCUT2D eigenvalue weighted by Gasteiger charge is 2.31. The Morgan fingerprint density at radius 2 is 1.78 bits per heavy atom. The normalized spacial score (nSPS) is 13.3. The maximum atomic E-state index is 11.8. The van der Waals surface area contributed by atoms with Crippen LogP contribution < -0.4 is 11.1 Å². The number of nitrogens with two attached hydrogens (primary N) is 1. The molecule has 1 rings (SSSR count). The third-order valence-electron chi connectivity index (χ3n) is 3.92. The molecule has 0 saturated heterocycles. The summed E-state index contributed by atoms with van der Waals surface area (Å²) >= 11 is 0. The van der Waals surface area contributed by atoms with Crippen LogP contribution in [0.4, 0.5) is 10.5 Å². The molecule has 1 aromatic rings. The van der Waals surface area contributed by atoms with Crippen molar-refractivity contribution in [2.75, 3.05) is 12.8 Å². The Labute approximate surface area is 140 Å². The Bertz CT molecular complexity index is 531. The lowest BCUT2D eigenvalue weighted by atomic mass is 9.83. The zero-order valence-electron chi connectivity index (χ0n) is 15.7. The molecule has 0 radical (unpaired) electrons. The van der Waals surface area contributed by atoms with Crippen molar-refractivity contribution in [1.29, 1.82) is 0 Å². The number of carbonyl (C=O) groups excluding carboxylic acids is 1. The number of nitrogens with one attached hydrogen (secondary N) is 1. The zero-order valence-corrected chi connectivity index (χ0v) is 15.7. The molecule has 0 spiro atoms. The third-order valence-corrected chi connectivity index (χ3v) is 3.92. The summed E-state index contributed by atoms with van der Waals surface area (Å²) in [5.74, 6) is 0.499. The van der Waals surface area contributed by atoms with E-state index in [1.165, 1.54) is 7.11 Å². The van der Waals surface area contributed by atoms with Crippen LogP contribution in [0.5, 0.6) is 0 Å². The van der Waals surface area contributed by atoms with E-state index in [0.29, 0.717) is 0 Å². The third kappa shape index (κ3) is 4.60. The van der Waals surface area contributed by atoms with Crippen LogP contribution in [0.1, 0.15) is 83.3 Å². The predicted molar refractivity (Wildman–Crippen MR) is 94.6 cm³/mol. The molecule has 5 heteroatoms. The number of rotatable bonds is 4. The first-order valence-electron chi connectivity index (χ1n) is 8.13. The maximum absolute atomic E-state index is 11.8. The van der Waals surface area contributed by atoms with Crippen molar-refractivity contribution in [3.63, 3.8) is 0 Å². The standard InChI is InChI=1S/C18H31N3O2/c1-10(2)12-9-13(20-15(11(3)4)14(12)19)16(18(5,6)7)21-17(22)23-8/h9-11,16H,19H2,1-8H3,(H,21,22). The van der Waals surface area contributed by atoms with E-state index < -0.39 is 6.09 Å². The van der Waals surface area contributed by atoms with Crippen LogP contribution in [0.25, 0.3) is 0 Å². The Morgan fingerprint density at radius 1 is 1.22 bits per heavy atom. The molecule has 5 nitrogen and oxygen atoms in total. The van der Waals surface area contributed by atoms with Crippen LogP contribution in [-0.2, 0) is 4.74 Å². The van der Waals surface area contributed by atoms with Gasteiger partial charge in [0.05, 0.1) is 30.2 Å². The Kier molecular flexibility index (Phi) is 6.03. The number of hydrogen-bond donors (Lipinski definition) is 2. The summed E-state index contributed by atoms with van der Waals surface area (Å²) in [7, 11) is 1.37. The van der Waals surface area contributed by atoms with Crippen molar-refractivity contribution < 1.29 is 9.53 Å². The SMILES string of the molecule is COC(=O)NC(c1cc(C(C)C)c(N)c(C(C)C)n1)C(C)(C)C. The Balaban J connectivity index is 3.50. The van der Waals surface area contributed by atoms with Gasteiger partial charge in [0.25, 0.3) is 0 Å². The van der Waals surface area contributed by atoms with Gasteiger partial charge in [0.15, 0.2) is 0 Å². The van der Waals surface area contributed by atoms with Gasteiger partial charge in [0.2, 0.25) is 0 Å². The minimum atomic E-state index is -0.458. The fourth-order valence-corrected chi connectivity index (χ4v) is 2.59. The molecule has 1 unspecified atom stereocenters. The van der Waals surface area contributed by atoms with Gasteiger partial charge in [-0.25, -0.2) is 4.79 Å². The molecular formula is C18H31N3O2. The number of anilines is 1. The monoisotopic (exact) mass is 321 g/mol. The minimum absolute atomic E-state index is 0.209. The van der Waals surface area contributed by atoms with Crippen LogP contribution in [0.2, 0.25) is 0 Å². The molecule has 0 bridgehead atoms. The average Bonchev–Trinajstić information content (AvgIpc) is 2.43. The summed E-state index contributed by atoms with van der Waals surface area (Å²) in [5, 5.41) is 2.91. The highest BCUT2D eigenvalue weighted by atomic mass is 16.5. The number of methoxy groups -OCH3 is 1. The molecule has 0 aromatic carbocycles. The van der Waals surface area contributed by atoms with E-state index in [0.717, 1.165) is 22.6 Å². The van der Waals surface area contributed by atoms with E-state index in [4.69, 9.17) is 15.5 Å². The van der Waals surface area contributed by atoms with Gasteiger partial charge in [-0.2, -0.15) is 0 Å². The van der Waals surface area contributed by atoms with Gasteiger partial charge in [-0.05, 0) is 28.9 Å². The molecule has 0 saturated carbocycles. The molecule has 0 aliphatic heterocycles. The fraction of sp³-hybridized carbons (Fsp3) is 0.667. The maximum Gasteiger partial charge on any atom is 0.407 e. The van der Waals surface area contributed by atoms with Crippen molar-refractivity contribution in [2.24, 2.45) is 5.41 Å². The molecule has 130 valence electrons.